The van der Waals surface area contributed by atoms with Crippen LogP contribution in [0.15, 0.2) is 40.5 Å². The number of amides is 1. The number of carbonyl (C=O) groups excluding carboxylic acids is 2. The van der Waals surface area contributed by atoms with Crippen LogP contribution in [0.2, 0.25) is 5.02 Å². The maximum atomic E-state index is 12.7. The van der Waals surface area contributed by atoms with E-state index in [1.807, 2.05) is 13.0 Å². The molecule has 126 valence electrons. The molecule has 1 aromatic carbocycles. The number of benzene rings is 1. The SMILES string of the molecule is CCOC(=O)C1=C(C)N=C2S[C@@H](C)C(=O)N2[C@H]1c1cccc(Cl)c1. The third kappa shape index (κ3) is 2.84. The number of ether oxygens (including phenoxy) is 1. The Balaban J connectivity index is 2.16. The summed E-state index contributed by atoms with van der Waals surface area (Å²) in [6, 6.07) is 6.61. The largest absolute Gasteiger partial charge is 0.463 e. The summed E-state index contributed by atoms with van der Waals surface area (Å²) in [5.41, 5.74) is 1.71. The van der Waals surface area contributed by atoms with Gasteiger partial charge in [0.05, 0.1) is 29.2 Å². The number of nitrogens with zero attached hydrogens (tertiary/aromatic N) is 2. The highest BCUT2D eigenvalue weighted by molar-refractivity contribution is 8.15. The molecule has 7 heteroatoms. The van der Waals surface area contributed by atoms with Gasteiger partial charge in [-0.15, -0.1) is 0 Å². The standard InChI is InChI=1S/C17H17ClN2O3S/c1-4-23-16(22)13-9(2)19-17-20(15(21)10(3)24-17)14(13)11-6-5-7-12(18)8-11/h5-8,10,14H,4H2,1-3H3/t10-,14-/m0/s1. The first-order valence-corrected chi connectivity index (χ1v) is 8.91. The molecule has 0 spiro atoms. The van der Waals surface area contributed by atoms with E-state index in [1.165, 1.54) is 11.8 Å². The Morgan fingerprint density at radius 3 is 2.88 bits per heavy atom. The summed E-state index contributed by atoms with van der Waals surface area (Å²) in [6.45, 7) is 5.61. The van der Waals surface area contributed by atoms with E-state index < -0.39 is 12.0 Å². The molecule has 0 radical (unpaired) electrons. The lowest BCUT2D eigenvalue weighted by atomic mass is 9.94. The Kier molecular flexibility index (Phi) is 4.69. The molecular formula is C17H17ClN2O3S. The van der Waals surface area contributed by atoms with Gasteiger partial charge in [-0.05, 0) is 38.5 Å². The number of fused-ring (bicyclic) bond motifs is 1. The van der Waals surface area contributed by atoms with Crippen LogP contribution >= 0.6 is 23.4 Å². The number of esters is 1. The molecular weight excluding hydrogens is 348 g/mol. The van der Waals surface area contributed by atoms with Crippen LogP contribution in [-0.4, -0.2) is 33.8 Å². The fourth-order valence-electron chi connectivity index (χ4n) is 2.86. The number of amidine groups is 1. The van der Waals surface area contributed by atoms with Crippen LogP contribution in [0.25, 0.3) is 0 Å². The average Bonchev–Trinajstić information content (AvgIpc) is 2.80. The van der Waals surface area contributed by atoms with Gasteiger partial charge in [-0.3, -0.25) is 9.69 Å². The third-order valence-corrected chi connectivity index (χ3v) is 5.21. The summed E-state index contributed by atoms with van der Waals surface area (Å²) in [6.07, 6.45) is 0. The number of rotatable bonds is 3. The van der Waals surface area contributed by atoms with Crippen LogP contribution in [0.5, 0.6) is 0 Å². The maximum Gasteiger partial charge on any atom is 0.338 e. The number of hydrogen-bond acceptors (Lipinski definition) is 5. The van der Waals surface area contributed by atoms with Crippen molar-refractivity contribution in [3.8, 4) is 0 Å². The number of thioether (sulfide) groups is 1. The minimum absolute atomic E-state index is 0.0713. The minimum atomic E-state index is -0.569. The number of hydrogen-bond donors (Lipinski definition) is 0. The van der Waals surface area contributed by atoms with Gasteiger partial charge in [0.1, 0.15) is 0 Å². The van der Waals surface area contributed by atoms with E-state index in [1.54, 1.807) is 36.9 Å². The molecule has 0 bridgehead atoms. The molecule has 5 nitrogen and oxygen atoms in total. The summed E-state index contributed by atoms with van der Waals surface area (Å²) in [5.74, 6) is -0.529. The Labute approximate surface area is 149 Å². The van der Waals surface area contributed by atoms with E-state index in [-0.39, 0.29) is 17.8 Å². The van der Waals surface area contributed by atoms with E-state index in [0.717, 1.165) is 5.56 Å². The molecule has 0 aliphatic carbocycles. The highest BCUT2D eigenvalue weighted by Gasteiger charge is 2.46. The predicted octanol–water partition coefficient (Wildman–Crippen LogP) is 3.55. The summed E-state index contributed by atoms with van der Waals surface area (Å²) >= 11 is 7.52. The van der Waals surface area contributed by atoms with E-state index in [4.69, 9.17) is 16.3 Å². The molecule has 0 saturated carbocycles. The Bertz CT molecular complexity index is 775. The average molecular weight is 365 g/mol. The van der Waals surface area contributed by atoms with Crippen LogP contribution in [0.3, 0.4) is 0 Å². The van der Waals surface area contributed by atoms with E-state index in [9.17, 15) is 9.59 Å². The summed E-state index contributed by atoms with van der Waals surface area (Å²) in [7, 11) is 0. The first kappa shape index (κ1) is 17.0. The normalized spacial score (nSPS) is 23.2. The van der Waals surface area contributed by atoms with Crippen molar-refractivity contribution in [3.05, 3.63) is 46.1 Å². The van der Waals surface area contributed by atoms with Crippen molar-refractivity contribution < 1.29 is 14.3 Å². The molecule has 1 fully saturated rings. The van der Waals surface area contributed by atoms with E-state index >= 15 is 0 Å². The molecule has 2 heterocycles. The van der Waals surface area contributed by atoms with Gasteiger partial charge in [0.15, 0.2) is 5.17 Å². The zero-order valence-corrected chi connectivity index (χ0v) is 15.1. The summed E-state index contributed by atoms with van der Waals surface area (Å²) < 4.78 is 5.20. The highest BCUT2D eigenvalue weighted by atomic mass is 35.5. The van der Waals surface area contributed by atoms with Crippen molar-refractivity contribution in [2.24, 2.45) is 4.99 Å². The highest BCUT2D eigenvalue weighted by Crippen LogP contribution is 2.43. The fraction of sp³-hybridized carbons (Fsp3) is 0.353. The van der Waals surface area contributed by atoms with Crippen molar-refractivity contribution in [2.75, 3.05) is 6.61 Å². The Morgan fingerprint density at radius 1 is 1.46 bits per heavy atom. The lowest BCUT2D eigenvalue weighted by Gasteiger charge is -2.33. The van der Waals surface area contributed by atoms with Crippen LogP contribution < -0.4 is 0 Å². The van der Waals surface area contributed by atoms with Crippen LogP contribution in [0.4, 0.5) is 0 Å². The first-order chi connectivity index (χ1) is 11.4. The fourth-order valence-corrected chi connectivity index (χ4v) is 4.09. The second-order valence-corrected chi connectivity index (χ2v) is 7.28. The van der Waals surface area contributed by atoms with Gasteiger partial charge in [-0.2, -0.15) is 0 Å². The second-order valence-electron chi connectivity index (χ2n) is 5.54. The lowest BCUT2D eigenvalue weighted by Crippen LogP contribution is -2.40. The minimum Gasteiger partial charge on any atom is -0.463 e. The van der Waals surface area contributed by atoms with Crippen molar-refractivity contribution in [3.63, 3.8) is 0 Å². The summed E-state index contributed by atoms with van der Waals surface area (Å²) in [4.78, 5) is 31.2. The molecule has 0 unspecified atom stereocenters. The van der Waals surface area contributed by atoms with Crippen molar-refractivity contribution in [2.45, 2.75) is 32.1 Å². The zero-order valence-electron chi connectivity index (χ0n) is 13.6. The quantitative estimate of drug-likeness (QED) is 0.769. The predicted molar refractivity (Wildman–Crippen MR) is 94.9 cm³/mol. The van der Waals surface area contributed by atoms with E-state index in [0.29, 0.717) is 21.5 Å². The monoisotopic (exact) mass is 364 g/mol. The molecule has 3 rings (SSSR count). The van der Waals surface area contributed by atoms with Gasteiger partial charge in [0.2, 0.25) is 5.91 Å². The lowest BCUT2D eigenvalue weighted by molar-refractivity contribution is -0.139. The molecule has 1 saturated heterocycles. The first-order valence-electron chi connectivity index (χ1n) is 7.65. The Hall–Kier alpha value is -1.79. The Morgan fingerprint density at radius 2 is 2.21 bits per heavy atom. The van der Waals surface area contributed by atoms with Crippen LogP contribution in [0.1, 0.15) is 32.4 Å². The molecule has 1 aromatic rings. The van der Waals surface area contributed by atoms with Crippen LogP contribution in [0, 0.1) is 0 Å². The van der Waals surface area contributed by atoms with Crippen molar-refractivity contribution >= 4 is 40.4 Å². The molecule has 2 aliphatic heterocycles. The second kappa shape index (κ2) is 6.61. The number of aliphatic imine (C=N–C) groups is 1. The van der Waals surface area contributed by atoms with Gasteiger partial charge >= 0.3 is 5.97 Å². The van der Waals surface area contributed by atoms with Crippen LogP contribution in [-0.2, 0) is 14.3 Å². The smallest absolute Gasteiger partial charge is 0.338 e. The van der Waals surface area contributed by atoms with Gasteiger partial charge < -0.3 is 4.74 Å². The molecule has 1 amide bonds. The molecule has 0 N–H and O–H groups in total. The molecule has 24 heavy (non-hydrogen) atoms. The topological polar surface area (TPSA) is 59.0 Å². The number of halogens is 1. The van der Waals surface area contributed by atoms with Crippen molar-refractivity contribution in [1.29, 1.82) is 0 Å². The third-order valence-electron chi connectivity index (χ3n) is 3.92. The summed E-state index contributed by atoms with van der Waals surface area (Å²) in [5, 5.41) is 0.924. The maximum absolute atomic E-state index is 12.7. The zero-order chi connectivity index (χ0) is 17.4. The van der Waals surface area contributed by atoms with Gasteiger partial charge in [0, 0.05) is 5.02 Å². The van der Waals surface area contributed by atoms with Gasteiger partial charge in [-0.1, -0.05) is 35.5 Å². The van der Waals surface area contributed by atoms with E-state index in [2.05, 4.69) is 4.99 Å². The van der Waals surface area contributed by atoms with Gasteiger partial charge in [-0.25, -0.2) is 9.79 Å². The molecule has 0 aromatic heterocycles. The molecule has 2 atom stereocenters. The number of allylic oxidation sites excluding steroid dienone is 1. The molecule has 2 aliphatic rings. The van der Waals surface area contributed by atoms with Crippen molar-refractivity contribution in [1.82, 2.24) is 4.90 Å². The number of carbonyl (C=O) groups is 2. The van der Waals surface area contributed by atoms with Gasteiger partial charge in [0.25, 0.3) is 0 Å².